The normalized spacial score (nSPS) is 18.6. The van der Waals surface area contributed by atoms with Crippen LogP contribution in [0.1, 0.15) is 24.0 Å². The predicted molar refractivity (Wildman–Crippen MR) is 115 cm³/mol. The third kappa shape index (κ3) is 2.57. The average Bonchev–Trinajstić information content (AvgIpc) is 3.23. The number of methoxy groups -OCH3 is 4. The van der Waals surface area contributed by atoms with Crippen molar-refractivity contribution < 1.29 is 18.9 Å². The fourth-order valence-corrected chi connectivity index (χ4v) is 5.37. The second-order valence-corrected chi connectivity index (χ2v) is 7.88. The van der Waals surface area contributed by atoms with E-state index >= 15 is 0 Å². The molecule has 1 unspecified atom stereocenters. The smallest absolute Gasteiger partial charge is 0.169 e. The van der Waals surface area contributed by atoms with Crippen molar-refractivity contribution in [1.29, 1.82) is 0 Å². The van der Waals surface area contributed by atoms with Gasteiger partial charge in [-0.2, -0.15) is 0 Å². The number of fused-ring (bicyclic) bond motifs is 7. The summed E-state index contributed by atoms with van der Waals surface area (Å²) < 4.78 is 23.0. The molecular weight excluding hydrogens is 366 g/mol. The molecule has 0 bridgehead atoms. The monoisotopic (exact) mass is 393 g/mol. The van der Waals surface area contributed by atoms with Crippen molar-refractivity contribution in [2.45, 2.75) is 31.8 Å². The highest BCUT2D eigenvalue weighted by molar-refractivity contribution is 6.17. The lowest BCUT2D eigenvalue weighted by Crippen LogP contribution is -2.35. The van der Waals surface area contributed by atoms with E-state index in [2.05, 4.69) is 17.0 Å². The third-order valence-electron chi connectivity index (χ3n) is 6.66. The van der Waals surface area contributed by atoms with E-state index in [4.69, 9.17) is 18.9 Å². The summed E-state index contributed by atoms with van der Waals surface area (Å²) in [6.07, 6.45) is 3.63. The molecule has 5 heteroatoms. The van der Waals surface area contributed by atoms with Crippen LogP contribution in [0.3, 0.4) is 0 Å². The minimum atomic E-state index is 0.636. The molecule has 0 aliphatic carbocycles. The van der Waals surface area contributed by atoms with Gasteiger partial charge in [-0.1, -0.05) is 12.1 Å². The van der Waals surface area contributed by atoms with Gasteiger partial charge in [-0.3, -0.25) is 4.90 Å². The maximum atomic E-state index is 5.88. The zero-order chi connectivity index (χ0) is 20.1. The minimum absolute atomic E-state index is 0.636. The number of nitrogens with zero attached hydrogens (tertiary/aromatic N) is 1. The molecule has 2 heterocycles. The van der Waals surface area contributed by atoms with Gasteiger partial charge in [0.15, 0.2) is 23.0 Å². The van der Waals surface area contributed by atoms with Gasteiger partial charge in [-0.25, -0.2) is 0 Å². The second-order valence-electron chi connectivity index (χ2n) is 7.88. The molecule has 2 aliphatic rings. The lowest BCUT2D eigenvalue weighted by Gasteiger charge is -2.34. The Morgan fingerprint density at radius 3 is 1.90 bits per heavy atom. The highest BCUT2D eigenvalue weighted by Gasteiger charge is 2.33. The van der Waals surface area contributed by atoms with Crippen molar-refractivity contribution in [1.82, 2.24) is 4.90 Å². The molecule has 29 heavy (non-hydrogen) atoms. The standard InChI is InChI=1S/C24H27NO4/c1-26-19-9-7-15-17-12-14-6-5-11-25(14)13-18(17)16-8-10-20(27-2)24(29-4)22(16)21(15)23(19)28-3/h7-10,14H,5-6,11-13H2,1-4H3. The molecule has 152 valence electrons. The Balaban J connectivity index is 1.97. The van der Waals surface area contributed by atoms with Crippen LogP contribution in [0.4, 0.5) is 0 Å². The molecule has 0 saturated carbocycles. The fourth-order valence-electron chi connectivity index (χ4n) is 5.37. The van der Waals surface area contributed by atoms with Crippen molar-refractivity contribution in [3.05, 3.63) is 35.4 Å². The maximum absolute atomic E-state index is 5.88. The van der Waals surface area contributed by atoms with Crippen molar-refractivity contribution in [3.8, 4) is 23.0 Å². The molecule has 1 saturated heterocycles. The highest BCUT2D eigenvalue weighted by Crippen LogP contribution is 2.50. The van der Waals surface area contributed by atoms with E-state index in [1.807, 2.05) is 12.1 Å². The molecular formula is C24H27NO4. The zero-order valence-corrected chi connectivity index (χ0v) is 17.5. The lowest BCUT2D eigenvalue weighted by atomic mass is 9.84. The first kappa shape index (κ1) is 18.4. The van der Waals surface area contributed by atoms with Crippen LogP contribution in [0.5, 0.6) is 23.0 Å². The number of hydrogen-bond donors (Lipinski definition) is 0. The summed E-state index contributed by atoms with van der Waals surface area (Å²) in [7, 11) is 6.76. The summed E-state index contributed by atoms with van der Waals surface area (Å²) in [5.41, 5.74) is 2.84. The van der Waals surface area contributed by atoms with Crippen LogP contribution in [0.2, 0.25) is 0 Å². The van der Waals surface area contributed by atoms with Gasteiger partial charge in [0.1, 0.15) is 0 Å². The summed E-state index contributed by atoms with van der Waals surface area (Å²) >= 11 is 0. The molecule has 0 spiro atoms. The molecule has 1 fully saturated rings. The Morgan fingerprint density at radius 2 is 1.34 bits per heavy atom. The number of ether oxygens (including phenoxy) is 4. The van der Waals surface area contributed by atoms with Gasteiger partial charge in [0.2, 0.25) is 0 Å². The average molecular weight is 393 g/mol. The summed E-state index contributed by atoms with van der Waals surface area (Å²) in [5.74, 6) is 2.94. The summed E-state index contributed by atoms with van der Waals surface area (Å²) in [5, 5.41) is 4.52. The van der Waals surface area contributed by atoms with Crippen molar-refractivity contribution in [2.75, 3.05) is 35.0 Å². The first-order valence-electron chi connectivity index (χ1n) is 10.2. The number of rotatable bonds is 4. The molecule has 1 atom stereocenters. The van der Waals surface area contributed by atoms with Crippen LogP contribution >= 0.6 is 0 Å². The SMILES string of the molecule is COc1ccc2c3c(c4ccc(OC)c(OC)c4c2c1OC)CN1CCCC1C3. The van der Waals surface area contributed by atoms with Crippen LogP contribution < -0.4 is 18.9 Å². The van der Waals surface area contributed by atoms with Crippen LogP contribution in [0.15, 0.2) is 24.3 Å². The Morgan fingerprint density at radius 1 is 0.759 bits per heavy atom. The van der Waals surface area contributed by atoms with E-state index < -0.39 is 0 Å². The molecule has 0 N–H and O–H groups in total. The lowest BCUT2D eigenvalue weighted by molar-refractivity contribution is 0.229. The highest BCUT2D eigenvalue weighted by atomic mass is 16.5. The van der Waals surface area contributed by atoms with Gasteiger partial charge in [-0.15, -0.1) is 0 Å². The van der Waals surface area contributed by atoms with Crippen molar-refractivity contribution in [2.24, 2.45) is 0 Å². The minimum Gasteiger partial charge on any atom is -0.493 e. The first-order chi connectivity index (χ1) is 14.2. The summed E-state index contributed by atoms with van der Waals surface area (Å²) in [6, 6.07) is 9.01. The Kier molecular flexibility index (Phi) is 4.43. The first-order valence-corrected chi connectivity index (χ1v) is 10.2. The van der Waals surface area contributed by atoms with Gasteiger partial charge >= 0.3 is 0 Å². The van der Waals surface area contributed by atoms with Crippen LogP contribution in [0, 0.1) is 0 Å². The van der Waals surface area contributed by atoms with Crippen molar-refractivity contribution >= 4 is 21.5 Å². The number of hydrogen-bond acceptors (Lipinski definition) is 5. The second kappa shape index (κ2) is 6.99. The third-order valence-corrected chi connectivity index (χ3v) is 6.66. The van der Waals surface area contributed by atoms with E-state index in [0.717, 1.165) is 46.7 Å². The molecule has 0 amide bonds. The summed E-state index contributed by atoms with van der Waals surface area (Å²) in [6.45, 7) is 2.17. The van der Waals surface area contributed by atoms with Gasteiger partial charge in [0, 0.05) is 23.4 Å². The molecule has 0 aromatic heterocycles. The zero-order valence-electron chi connectivity index (χ0n) is 17.5. The molecule has 5 nitrogen and oxygen atoms in total. The molecule has 2 aliphatic heterocycles. The Bertz CT molecular complexity index is 1020. The summed E-state index contributed by atoms with van der Waals surface area (Å²) in [4.78, 5) is 2.63. The van der Waals surface area contributed by atoms with Gasteiger partial charge in [-0.05, 0) is 59.8 Å². The van der Waals surface area contributed by atoms with Crippen molar-refractivity contribution in [3.63, 3.8) is 0 Å². The topological polar surface area (TPSA) is 40.2 Å². The van der Waals surface area contributed by atoms with E-state index in [9.17, 15) is 0 Å². The Hall–Kier alpha value is -2.66. The molecule has 3 aromatic carbocycles. The maximum Gasteiger partial charge on any atom is 0.169 e. The largest absolute Gasteiger partial charge is 0.493 e. The van der Waals surface area contributed by atoms with Crippen LogP contribution in [-0.2, 0) is 13.0 Å². The van der Waals surface area contributed by atoms with Gasteiger partial charge in [0.05, 0.1) is 28.4 Å². The molecule has 3 aromatic rings. The van der Waals surface area contributed by atoms with E-state index in [-0.39, 0.29) is 0 Å². The molecule has 5 rings (SSSR count). The van der Waals surface area contributed by atoms with E-state index in [1.165, 1.54) is 41.3 Å². The van der Waals surface area contributed by atoms with Crippen LogP contribution in [0.25, 0.3) is 21.5 Å². The van der Waals surface area contributed by atoms with Gasteiger partial charge in [0.25, 0.3) is 0 Å². The quantitative estimate of drug-likeness (QED) is 0.608. The predicted octanol–water partition coefficient (Wildman–Crippen LogP) is 4.55. The van der Waals surface area contributed by atoms with E-state index in [1.54, 1.807) is 28.4 Å². The van der Waals surface area contributed by atoms with Gasteiger partial charge < -0.3 is 18.9 Å². The van der Waals surface area contributed by atoms with Crippen LogP contribution in [-0.4, -0.2) is 45.9 Å². The number of benzene rings is 3. The Labute approximate surface area is 171 Å². The fraction of sp³-hybridized carbons (Fsp3) is 0.417. The van der Waals surface area contributed by atoms with E-state index in [0.29, 0.717) is 6.04 Å². The molecule has 0 radical (unpaired) electrons.